The highest BCUT2D eigenvalue weighted by atomic mass is 16.6. The molecule has 1 N–H and O–H groups in total. The van der Waals surface area contributed by atoms with E-state index in [-0.39, 0.29) is 17.1 Å². The third-order valence-electron chi connectivity index (χ3n) is 1.72. The largest absolute Gasteiger partial charge is 0.504 e. The average Bonchev–Trinajstić information content (AvgIpc) is 2.20. The molecule has 4 heteroatoms. The zero-order chi connectivity index (χ0) is 11.4. The molecule has 0 aromatic heterocycles. The second-order valence-electron chi connectivity index (χ2n) is 2.98. The van der Waals surface area contributed by atoms with Crippen molar-refractivity contribution in [3.05, 3.63) is 30.4 Å². The van der Waals surface area contributed by atoms with E-state index in [1.807, 2.05) is 0 Å². The Morgan fingerprint density at radius 2 is 2.13 bits per heavy atom. The molecule has 1 aromatic rings. The lowest BCUT2D eigenvalue weighted by atomic mass is 10.3. The van der Waals surface area contributed by atoms with E-state index in [1.165, 1.54) is 20.1 Å². The molecule has 1 aromatic carbocycles. The topological polar surface area (TPSA) is 55.8 Å². The van der Waals surface area contributed by atoms with E-state index in [9.17, 15) is 9.90 Å². The zero-order valence-corrected chi connectivity index (χ0v) is 8.61. The standard InChI is InChI=1S/C11H12O4/c1-7(2)11(13)15-10-8(12)5-4-6-9(10)14-3/h4-6,12H,1H2,2-3H3. The molecule has 15 heavy (non-hydrogen) atoms. The van der Waals surface area contributed by atoms with Crippen LogP contribution in [0.3, 0.4) is 0 Å². The fourth-order valence-electron chi connectivity index (χ4n) is 0.947. The fraction of sp³-hybridized carbons (Fsp3) is 0.182. The van der Waals surface area contributed by atoms with Gasteiger partial charge in [-0.15, -0.1) is 0 Å². The van der Waals surface area contributed by atoms with E-state index in [0.717, 1.165) is 0 Å². The first kappa shape index (κ1) is 11.1. The number of carbonyl (C=O) groups excluding carboxylic acids is 1. The van der Waals surface area contributed by atoms with Gasteiger partial charge < -0.3 is 14.6 Å². The van der Waals surface area contributed by atoms with Gasteiger partial charge in [0, 0.05) is 5.57 Å². The number of para-hydroxylation sites is 1. The van der Waals surface area contributed by atoms with E-state index in [1.54, 1.807) is 12.1 Å². The normalized spacial score (nSPS) is 9.47. The molecule has 0 unspecified atom stereocenters. The van der Waals surface area contributed by atoms with Crippen LogP contribution in [0.5, 0.6) is 17.2 Å². The minimum absolute atomic E-state index is 0.00741. The van der Waals surface area contributed by atoms with Gasteiger partial charge in [0.15, 0.2) is 11.5 Å². The van der Waals surface area contributed by atoms with Gasteiger partial charge in [0.1, 0.15) is 0 Å². The van der Waals surface area contributed by atoms with Crippen molar-refractivity contribution >= 4 is 5.97 Å². The summed E-state index contributed by atoms with van der Waals surface area (Å²) in [5, 5.41) is 9.47. The van der Waals surface area contributed by atoms with Gasteiger partial charge in [0.2, 0.25) is 5.75 Å². The molecule has 0 bridgehead atoms. The number of ether oxygens (including phenoxy) is 2. The van der Waals surface area contributed by atoms with Crippen LogP contribution < -0.4 is 9.47 Å². The van der Waals surface area contributed by atoms with E-state index < -0.39 is 5.97 Å². The number of benzene rings is 1. The summed E-state index contributed by atoms with van der Waals surface area (Å²) in [4.78, 5) is 11.2. The Labute approximate surface area is 87.7 Å². The van der Waals surface area contributed by atoms with Crippen molar-refractivity contribution in [2.45, 2.75) is 6.92 Å². The third-order valence-corrected chi connectivity index (χ3v) is 1.72. The molecule has 0 fully saturated rings. The molecule has 0 saturated heterocycles. The molecular formula is C11H12O4. The summed E-state index contributed by atoms with van der Waals surface area (Å²) in [6.45, 7) is 4.96. The van der Waals surface area contributed by atoms with Crippen LogP contribution in [0.2, 0.25) is 0 Å². The van der Waals surface area contributed by atoms with Crippen molar-refractivity contribution in [2.75, 3.05) is 7.11 Å². The van der Waals surface area contributed by atoms with Crippen molar-refractivity contribution < 1.29 is 19.4 Å². The van der Waals surface area contributed by atoms with E-state index in [0.29, 0.717) is 5.75 Å². The van der Waals surface area contributed by atoms with Crippen LogP contribution >= 0.6 is 0 Å². The van der Waals surface area contributed by atoms with E-state index in [4.69, 9.17) is 9.47 Å². The van der Waals surface area contributed by atoms with Crippen LogP contribution in [-0.2, 0) is 4.79 Å². The number of phenols is 1. The van der Waals surface area contributed by atoms with Gasteiger partial charge in [-0.25, -0.2) is 4.79 Å². The highest BCUT2D eigenvalue weighted by molar-refractivity contribution is 5.89. The number of hydrogen-bond donors (Lipinski definition) is 1. The monoisotopic (exact) mass is 208 g/mol. The summed E-state index contributed by atoms with van der Waals surface area (Å²) in [6.07, 6.45) is 0. The van der Waals surface area contributed by atoms with Gasteiger partial charge in [-0.2, -0.15) is 0 Å². The third kappa shape index (κ3) is 2.49. The molecule has 0 heterocycles. The molecule has 0 spiro atoms. The first-order chi connectivity index (χ1) is 7.06. The molecule has 0 saturated carbocycles. The second-order valence-corrected chi connectivity index (χ2v) is 2.98. The highest BCUT2D eigenvalue weighted by Gasteiger charge is 2.14. The highest BCUT2D eigenvalue weighted by Crippen LogP contribution is 2.36. The summed E-state index contributed by atoms with van der Waals surface area (Å²) < 4.78 is 9.86. The van der Waals surface area contributed by atoms with Gasteiger partial charge in [-0.1, -0.05) is 12.6 Å². The molecule has 0 aliphatic rings. The van der Waals surface area contributed by atoms with Crippen LogP contribution in [-0.4, -0.2) is 18.2 Å². The number of esters is 1. The Bertz CT molecular complexity index is 396. The number of phenolic OH excluding ortho intramolecular Hbond substituents is 1. The Balaban J connectivity index is 3.02. The number of methoxy groups -OCH3 is 1. The van der Waals surface area contributed by atoms with Gasteiger partial charge in [0.05, 0.1) is 7.11 Å². The number of aromatic hydroxyl groups is 1. The molecule has 0 atom stereocenters. The molecule has 0 aliphatic heterocycles. The van der Waals surface area contributed by atoms with Crippen molar-refractivity contribution in [2.24, 2.45) is 0 Å². The van der Waals surface area contributed by atoms with Crippen LogP contribution in [0.1, 0.15) is 6.92 Å². The van der Waals surface area contributed by atoms with Crippen LogP contribution in [0.15, 0.2) is 30.4 Å². The van der Waals surface area contributed by atoms with Gasteiger partial charge >= 0.3 is 5.97 Å². The molecule has 0 radical (unpaired) electrons. The van der Waals surface area contributed by atoms with Crippen molar-refractivity contribution in [3.8, 4) is 17.2 Å². The minimum Gasteiger partial charge on any atom is -0.504 e. The summed E-state index contributed by atoms with van der Waals surface area (Å²) in [7, 11) is 1.42. The molecule has 0 amide bonds. The fourth-order valence-corrected chi connectivity index (χ4v) is 0.947. The maximum absolute atomic E-state index is 11.2. The number of carbonyl (C=O) groups is 1. The van der Waals surface area contributed by atoms with Crippen molar-refractivity contribution in [3.63, 3.8) is 0 Å². The van der Waals surface area contributed by atoms with Crippen molar-refractivity contribution in [1.29, 1.82) is 0 Å². The zero-order valence-electron chi connectivity index (χ0n) is 8.61. The summed E-state index contributed by atoms with van der Waals surface area (Å²) >= 11 is 0. The lowest BCUT2D eigenvalue weighted by Gasteiger charge is -2.09. The predicted molar refractivity (Wildman–Crippen MR) is 55.1 cm³/mol. The maximum Gasteiger partial charge on any atom is 0.338 e. The van der Waals surface area contributed by atoms with Gasteiger partial charge in [-0.05, 0) is 19.1 Å². The lowest BCUT2D eigenvalue weighted by Crippen LogP contribution is -2.09. The molecule has 0 aliphatic carbocycles. The number of hydrogen-bond acceptors (Lipinski definition) is 4. The molecular weight excluding hydrogens is 196 g/mol. The summed E-state index contributed by atoms with van der Waals surface area (Å²) in [5.41, 5.74) is 0.250. The van der Waals surface area contributed by atoms with Crippen LogP contribution in [0.25, 0.3) is 0 Å². The van der Waals surface area contributed by atoms with E-state index >= 15 is 0 Å². The first-order valence-corrected chi connectivity index (χ1v) is 4.30. The Kier molecular flexibility index (Phi) is 3.33. The van der Waals surface area contributed by atoms with Gasteiger partial charge in [0.25, 0.3) is 0 Å². The van der Waals surface area contributed by atoms with E-state index in [2.05, 4.69) is 6.58 Å². The molecule has 4 nitrogen and oxygen atoms in total. The smallest absolute Gasteiger partial charge is 0.338 e. The first-order valence-electron chi connectivity index (χ1n) is 4.30. The number of rotatable bonds is 3. The SMILES string of the molecule is C=C(C)C(=O)Oc1c(O)cccc1OC. The minimum atomic E-state index is -0.602. The summed E-state index contributed by atoms with van der Waals surface area (Å²) in [5.74, 6) is -0.448. The summed E-state index contributed by atoms with van der Waals surface area (Å²) in [6, 6.07) is 4.58. The molecule has 1 rings (SSSR count). The molecule has 80 valence electrons. The average molecular weight is 208 g/mol. The Morgan fingerprint density at radius 1 is 1.47 bits per heavy atom. The van der Waals surface area contributed by atoms with Crippen LogP contribution in [0, 0.1) is 0 Å². The lowest BCUT2D eigenvalue weighted by molar-refractivity contribution is -0.130. The van der Waals surface area contributed by atoms with Crippen molar-refractivity contribution in [1.82, 2.24) is 0 Å². The Morgan fingerprint density at radius 3 is 2.67 bits per heavy atom. The second kappa shape index (κ2) is 4.50. The Hall–Kier alpha value is -1.97. The predicted octanol–water partition coefficient (Wildman–Crippen LogP) is 1.88. The maximum atomic E-state index is 11.2. The van der Waals surface area contributed by atoms with Crippen LogP contribution in [0.4, 0.5) is 0 Å². The quantitative estimate of drug-likeness (QED) is 0.468. The van der Waals surface area contributed by atoms with Gasteiger partial charge in [-0.3, -0.25) is 0 Å².